The number of aromatic amines is 1. The van der Waals surface area contributed by atoms with Gasteiger partial charge in [0.25, 0.3) is 5.56 Å². The predicted molar refractivity (Wildman–Crippen MR) is 111 cm³/mol. The Morgan fingerprint density at radius 1 is 1.19 bits per heavy atom. The molecule has 0 saturated heterocycles. The van der Waals surface area contributed by atoms with E-state index in [-0.39, 0.29) is 17.1 Å². The first-order valence-electron chi connectivity index (χ1n) is 9.07. The summed E-state index contributed by atoms with van der Waals surface area (Å²) < 4.78 is 23.8. The third kappa shape index (κ3) is 5.67. The Kier molecular flexibility index (Phi) is 6.73. The summed E-state index contributed by atoms with van der Waals surface area (Å²) >= 11 is 1.56. The van der Waals surface area contributed by atoms with Crippen molar-refractivity contribution in [2.45, 2.75) is 25.3 Å². The van der Waals surface area contributed by atoms with E-state index in [1.807, 2.05) is 12.3 Å². The Balaban J connectivity index is 1.51. The summed E-state index contributed by atoms with van der Waals surface area (Å²) in [6.07, 6.45) is 4.45. The first kappa shape index (κ1) is 20.1. The van der Waals surface area contributed by atoms with Crippen LogP contribution in [0.5, 0.6) is 0 Å². The monoisotopic (exact) mass is 407 g/mol. The van der Waals surface area contributed by atoms with Gasteiger partial charge in [-0.15, -0.1) is 0 Å². The molecular formula is C19H25N3O3S2. The van der Waals surface area contributed by atoms with Gasteiger partial charge in [-0.3, -0.25) is 4.79 Å². The Labute approximate surface area is 164 Å². The molecule has 1 aliphatic carbocycles. The van der Waals surface area contributed by atoms with Crippen LogP contribution in [0.25, 0.3) is 11.3 Å². The number of sulfone groups is 1. The molecule has 0 saturated carbocycles. The van der Waals surface area contributed by atoms with Gasteiger partial charge in [0, 0.05) is 23.4 Å². The van der Waals surface area contributed by atoms with E-state index >= 15 is 0 Å². The van der Waals surface area contributed by atoms with Gasteiger partial charge in [-0.25, -0.2) is 13.5 Å². The van der Waals surface area contributed by atoms with Crippen LogP contribution in [0.4, 0.5) is 0 Å². The van der Waals surface area contributed by atoms with Gasteiger partial charge in [0.2, 0.25) is 0 Å². The molecule has 0 amide bonds. The van der Waals surface area contributed by atoms with Crippen LogP contribution in [0.15, 0.2) is 35.1 Å². The van der Waals surface area contributed by atoms with Crippen molar-refractivity contribution in [2.24, 2.45) is 0 Å². The van der Waals surface area contributed by atoms with Crippen LogP contribution in [0.3, 0.4) is 0 Å². The molecule has 1 aromatic heterocycles. The Hall–Kier alpha value is -1.64. The lowest BCUT2D eigenvalue weighted by Crippen LogP contribution is -2.31. The molecule has 146 valence electrons. The molecule has 0 radical (unpaired) electrons. The number of aromatic nitrogens is 2. The van der Waals surface area contributed by atoms with E-state index in [0.29, 0.717) is 24.8 Å². The van der Waals surface area contributed by atoms with Crippen LogP contribution in [0, 0.1) is 0 Å². The number of hydrogen-bond acceptors (Lipinski definition) is 6. The van der Waals surface area contributed by atoms with Crippen molar-refractivity contribution in [1.29, 1.82) is 0 Å². The van der Waals surface area contributed by atoms with Gasteiger partial charge in [0.15, 0.2) is 9.84 Å². The minimum Gasteiger partial charge on any atom is -0.313 e. The van der Waals surface area contributed by atoms with E-state index in [9.17, 15) is 13.2 Å². The summed E-state index contributed by atoms with van der Waals surface area (Å²) in [5.41, 5.74) is 4.13. The minimum absolute atomic E-state index is 0.209. The molecule has 27 heavy (non-hydrogen) atoms. The maximum absolute atomic E-state index is 11.9. The van der Waals surface area contributed by atoms with Crippen LogP contribution in [-0.2, 0) is 22.7 Å². The van der Waals surface area contributed by atoms with Crippen molar-refractivity contribution in [3.63, 3.8) is 0 Å². The van der Waals surface area contributed by atoms with E-state index in [1.54, 1.807) is 17.8 Å². The summed E-state index contributed by atoms with van der Waals surface area (Å²) in [7, 11) is -2.93. The quantitative estimate of drug-likeness (QED) is 0.614. The number of benzene rings is 1. The molecule has 1 heterocycles. The summed E-state index contributed by atoms with van der Waals surface area (Å²) in [5.74, 6) is 1.19. The third-order valence-electron chi connectivity index (χ3n) is 4.78. The molecule has 8 heteroatoms. The fraction of sp³-hybridized carbons (Fsp3) is 0.474. The second-order valence-electron chi connectivity index (χ2n) is 6.85. The molecule has 0 spiro atoms. The number of thioether (sulfide) groups is 1. The van der Waals surface area contributed by atoms with Crippen molar-refractivity contribution >= 4 is 21.6 Å². The number of fused-ring (bicyclic) bond motifs is 1. The van der Waals surface area contributed by atoms with Crippen LogP contribution in [0.2, 0.25) is 0 Å². The van der Waals surface area contributed by atoms with Crippen LogP contribution in [-0.4, -0.2) is 54.7 Å². The lowest BCUT2D eigenvalue weighted by Gasteiger charge is -2.11. The highest BCUT2D eigenvalue weighted by molar-refractivity contribution is 8.00. The normalized spacial score (nSPS) is 16.4. The van der Waals surface area contributed by atoms with E-state index < -0.39 is 9.84 Å². The van der Waals surface area contributed by atoms with Gasteiger partial charge >= 0.3 is 0 Å². The average molecular weight is 408 g/mol. The molecule has 2 N–H and O–H groups in total. The van der Waals surface area contributed by atoms with Crippen LogP contribution in [0.1, 0.15) is 17.5 Å². The van der Waals surface area contributed by atoms with Crippen LogP contribution < -0.4 is 10.9 Å². The molecule has 0 aliphatic heterocycles. The Morgan fingerprint density at radius 3 is 2.74 bits per heavy atom. The fourth-order valence-electron chi connectivity index (χ4n) is 3.34. The maximum atomic E-state index is 11.9. The molecule has 1 aliphatic rings. The topological polar surface area (TPSA) is 91.9 Å². The second-order valence-corrected chi connectivity index (χ2v) is 10.1. The van der Waals surface area contributed by atoms with E-state index in [4.69, 9.17) is 0 Å². The minimum atomic E-state index is -2.93. The zero-order chi connectivity index (χ0) is 19.3. The number of nitrogens with one attached hydrogen (secondary N) is 2. The Bertz CT molecular complexity index is 921. The predicted octanol–water partition coefficient (Wildman–Crippen LogP) is 1.66. The van der Waals surface area contributed by atoms with Crippen molar-refractivity contribution < 1.29 is 8.42 Å². The van der Waals surface area contributed by atoms with Crippen molar-refractivity contribution in [2.75, 3.05) is 30.1 Å². The van der Waals surface area contributed by atoms with Crippen molar-refractivity contribution in [3.05, 3.63) is 51.8 Å². The molecule has 0 bridgehead atoms. The number of nitrogens with zero attached hydrogens (tertiary/aromatic N) is 1. The molecular weight excluding hydrogens is 382 g/mol. The van der Waals surface area contributed by atoms with Gasteiger partial charge < -0.3 is 5.32 Å². The SMILES string of the molecule is CSCCS(=O)(=O)CCCNC1Cc2ccc(-c3ccc(=O)[nH]n3)cc2C1. The molecule has 3 rings (SSSR count). The van der Waals surface area contributed by atoms with Gasteiger partial charge in [-0.2, -0.15) is 16.9 Å². The smallest absolute Gasteiger partial charge is 0.264 e. The Morgan fingerprint density at radius 2 is 2.00 bits per heavy atom. The first-order valence-corrected chi connectivity index (χ1v) is 12.3. The van der Waals surface area contributed by atoms with Gasteiger partial charge in [0.1, 0.15) is 0 Å². The summed E-state index contributed by atoms with van der Waals surface area (Å²) in [4.78, 5) is 11.2. The van der Waals surface area contributed by atoms with Gasteiger partial charge in [0.05, 0.1) is 17.2 Å². The molecule has 1 unspecified atom stereocenters. The highest BCUT2D eigenvalue weighted by Crippen LogP contribution is 2.27. The average Bonchev–Trinajstić information content (AvgIpc) is 3.06. The van der Waals surface area contributed by atoms with Crippen molar-refractivity contribution in [1.82, 2.24) is 15.5 Å². The maximum Gasteiger partial charge on any atom is 0.264 e. The highest BCUT2D eigenvalue weighted by atomic mass is 32.2. The zero-order valence-electron chi connectivity index (χ0n) is 15.4. The largest absolute Gasteiger partial charge is 0.313 e. The number of H-pyrrole nitrogens is 1. The molecule has 2 aromatic rings. The lowest BCUT2D eigenvalue weighted by molar-refractivity contribution is 0.528. The zero-order valence-corrected chi connectivity index (χ0v) is 17.0. The fourth-order valence-corrected chi connectivity index (χ4v) is 5.81. The molecule has 1 aromatic carbocycles. The van der Waals surface area contributed by atoms with E-state index in [2.05, 4.69) is 27.6 Å². The molecule has 0 fully saturated rings. The summed E-state index contributed by atoms with van der Waals surface area (Å²) in [6, 6.07) is 9.82. The van der Waals surface area contributed by atoms with E-state index in [0.717, 1.165) is 24.1 Å². The van der Waals surface area contributed by atoms with Gasteiger partial charge in [-0.05, 0) is 55.3 Å². The standard InChI is InChI=1S/C19H25N3O3S2/c1-26-8-10-27(24,25)9-2-7-20-17-12-14-3-4-15(11-16(14)13-17)18-5-6-19(23)22-21-18/h3-6,11,17,20H,2,7-10,12-13H2,1H3,(H,22,23). The highest BCUT2D eigenvalue weighted by Gasteiger charge is 2.21. The van der Waals surface area contributed by atoms with Crippen molar-refractivity contribution in [3.8, 4) is 11.3 Å². The van der Waals surface area contributed by atoms with Crippen LogP contribution >= 0.6 is 11.8 Å². The second kappa shape index (κ2) is 9.03. The summed E-state index contributed by atoms with van der Waals surface area (Å²) in [5, 5.41) is 10.0. The van der Waals surface area contributed by atoms with E-state index in [1.165, 1.54) is 17.2 Å². The first-order chi connectivity index (χ1) is 13.0. The number of hydrogen-bond donors (Lipinski definition) is 2. The molecule has 1 atom stereocenters. The lowest BCUT2D eigenvalue weighted by atomic mass is 10.0. The third-order valence-corrected chi connectivity index (χ3v) is 7.38. The molecule has 6 nitrogen and oxygen atoms in total. The van der Waals surface area contributed by atoms with Gasteiger partial charge in [-0.1, -0.05) is 12.1 Å². The number of rotatable bonds is 9. The summed E-state index contributed by atoms with van der Waals surface area (Å²) in [6.45, 7) is 0.714.